The van der Waals surface area contributed by atoms with Gasteiger partial charge in [-0.1, -0.05) is 29.8 Å². The summed E-state index contributed by atoms with van der Waals surface area (Å²) in [4.78, 5) is 12.7. The van der Waals surface area contributed by atoms with Gasteiger partial charge in [-0.15, -0.1) is 0 Å². The smallest absolute Gasteiger partial charge is 0.187 e. The molecule has 0 unspecified atom stereocenters. The van der Waals surface area contributed by atoms with Gasteiger partial charge in [0.2, 0.25) is 0 Å². The molecule has 2 aromatic carbocycles. The average molecular weight is 361 g/mol. The van der Waals surface area contributed by atoms with Gasteiger partial charge in [-0.2, -0.15) is 0 Å². The SMILES string of the molecule is COCc1cc(COC)c(Cl)c(C(=O)/C=C/c2ccccc2OC)c1. The van der Waals surface area contributed by atoms with Crippen molar-refractivity contribution in [1.29, 1.82) is 0 Å². The molecule has 0 aliphatic rings. The van der Waals surface area contributed by atoms with Gasteiger partial charge < -0.3 is 14.2 Å². The van der Waals surface area contributed by atoms with Crippen molar-refractivity contribution in [3.63, 3.8) is 0 Å². The van der Waals surface area contributed by atoms with Crippen LogP contribution in [0.1, 0.15) is 27.0 Å². The molecule has 0 aromatic heterocycles. The fraction of sp³-hybridized carbons (Fsp3) is 0.250. The van der Waals surface area contributed by atoms with E-state index in [9.17, 15) is 4.79 Å². The number of halogens is 1. The lowest BCUT2D eigenvalue weighted by molar-refractivity contribution is 0.104. The molecule has 0 bridgehead atoms. The molecule has 0 saturated heterocycles. The van der Waals surface area contributed by atoms with Gasteiger partial charge in [0.15, 0.2) is 5.78 Å². The van der Waals surface area contributed by atoms with Crippen LogP contribution in [-0.4, -0.2) is 27.1 Å². The van der Waals surface area contributed by atoms with E-state index in [1.54, 1.807) is 33.5 Å². The van der Waals surface area contributed by atoms with Gasteiger partial charge in [0.05, 0.1) is 25.3 Å². The molecule has 0 radical (unpaired) electrons. The Morgan fingerprint density at radius 2 is 1.80 bits per heavy atom. The number of ether oxygens (including phenoxy) is 3. The molecular formula is C20H21ClO4. The minimum Gasteiger partial charge on any atom is -0.496 e. The Labute approximate surface area is 153 Å². The molecule has 2 rings (SSSR count). The van der Waals surface area contributed by atoms with Gasteiger partial charge in [-0.05, 0) is 41.5 Å². The molecule has 25 heavy (non-hydrogen) atoms. The summed E-state index contributed by atoms with van der Waals surface area (Å²) in [6.45, 7) is 0.720. The van der Waals surface area contributed by atoms with Gasteiger partial charge in [-0.25, -0.2) is 0 Å². The summed E-state index contributed by atoms with van der Waals surface area (Å²) < 4.78 is 15.6. The minimum atomic E-state index is -0.189. The third kappa shape index (κ3) is 4.92. The van der Waals surface area contributed by atoms with Crippen LogP contribution in [0.4, 0.5) is 0 Å². The second-order valence-electron chi connectivity index (χ2n) is 5.42. The van der Waals surface area contributed by atoms with E-state index in [1.165, 1.54) is 6.08 Å². The predicted octanol–water partition coefficient (Wildman–Crippen LogP) is 4.54. The van der Waals surface area contributed by atoms with Crippen molar-refractivity contribution in [3.8, 4) is 5.75 Å². The maximum Gasteiger partial charge on any atom is 0.187 e. The maximum atomic E-state index is 12.7. The first-order valence-electron chi connectivity index (χ1n) is 7.75. The van der Waals surface area contributed by atoms with Crippen molar-refractivity contribution in [2.24, 2.45) is 0 Å². The molecule has 5 heteroatoms. The maximum absolute atomic E-state index is 12.7. The van der Waals surface area contributed by atoms with Gasteiger partial charge in [0, 0.05) is 25.3 Å². The molecule has 4 nitrogen and oxygen atoms in total. The minimum absolute atomic E-state index is 0.189. The summed E-state index contributed by atoms with van der Waals surface area (Å²) in [5, 5.41) is 0.399. The Hall–Kier alpha value is -2.14. The van der Waals surface area contributed by atoms with Gasteiger partial charge in [0.1, 0.15) is 5.75 Å². The zero-order valence-electron chi connectivity index (χ0n) is 14.5. The second-order valence-corrected chi connectivity index (χ2v) is 5.80. The Morgan fingerprint density at radius 1 is 1.08 bits per heavy atom. The Morgan fingerprint density at radius 3 is 2.48 bits per heavy atom. The number of hydrogen-bond acceptors (Lipinski definition) is 4. The van der Waals surface area contributed by atoms with Crippen LogP contribution in [0, 0.1) is 0 Å². The Balaban J connectivity index is 2.35. The number of ketones is 1. The molecule has 0 atom stereocenters. The first-order chi connectivity index (χ1) is 12.1. The Kier molecular flexibility index (Phi) is 7.19. The average Bonchev–Trinajstić information content (AvgIpc) is 2.62. The lowest BCUT2D eigenvalue weighted by Gasteiger charge is -2.11. The third-order valence-corrected chi connectivity index (χ3v) is 4.08. The van der Waals surface area contributed by atoms with Crippen molar-refractivity contribution in [3.05, 3.63) is 69.8 Å². The zero-order valence-corrected chi connectivity index (χ0v) is 15.3. The van der Waals surface area contributed by atoms with Crippen LogP contribution in [0.3, 0.4) is 0 Å². The summed E-state index contributed by atoms with van der Waals surface area (Å²) in [6, 6.07) is 11.1. The number of rotatable bonds is 8. The lowest BCUT2D eigenvalue weighted by atomic mass is 10.0. The highest BCUT2D eigenvalue weighted by Gasteiger charge is 2.14. The van der Waals surface area contributed by atoms with E-state index < -0.39 is 0 Å². The summed E-state index contributed by atoms with van der Waals surface area (Å²) >= 11 is 6.39. The van der Waals surface area contributed by atoms with Gasteiger partial charge in [0.25, 0.3) is 0 Å². The molecule has 0 fully saturated rings. The van der Waals surface area contributed by atoms with E-state index in [0.29, 0.717) is 29.5 Å². The summed E-state index contributed by atoms with van der Waals surface area (Å²) in [6.07, 6.45) is 3.21. The number of carbonyl (C=O) groups is 1. The highest BCUT2D eigenvalue weighted by atomic mass is 35.5. The molecule has 132 valence electrons. The van der Waals surface area contributed by atoms with Crippen LogP contribution < -0.4 is 4.74 Å². The molecular weight excluding hydrogens is 340 g/mol. The number of carbonyl (C=O) groups excluding carboxylic acids is 1. The molecule has 0 spiro atoms. The normalized spacial score (nSPS) is 11.0. The molecule has 2 aromatic rings. The van der Waals surface area contributed by atoms with Crippen LogP contribution in [0.2, 0.25) is 5.02 Å². The zero-order chi connectivity index (χ0) is 18.2. The van der Waals surface area contributed by atoms with E-state index in [2.05, 4.69) is 0 Å². The second kappa shape index (κ2) is 9.37. The van der Waals surface area contributed by atoms with Crippen LogP contribution in [0.5, 0.6) is 5.75 Å². The largest absolute Gasteiger partial charge is 0.496 e. The summed E-state index contributed by atoms with van der Waals surface area (Å²) in [7, 11) is 4.78. The van der Waals surface area contributed by atoms with E-state index in [1.807, 2.05) is 30.3 Å². The standard InChI is InChI=1S/C20H21ClO4/c1-23-12-14-10-16(13-24-2)20(21)17(11-14)18(22)9-8-15-6-4-5-7-19(15)25-3/h4-11H,12-13H2,1-3H3/b9-8+. The summed E-state index contributed by atoms with van der Waals surface area (Å²) in [5.74, 6) is 0.511. The third-order valence-electron chi connectivity index (χ3n) is 3.64. The highest BCUT2D eigenvalue weighted by molar-refractivity contribution is 6.35. The van der Waals surface area contributed by atoms with Crippen molar-refractivity contribution >= 4 is 23.5 Å². The van der Waals surface area contributed by atoms with Crippen molar-refractivity contribution in [1.82, 2.24) is 0 Å². The topological polar surface area (TPSA) is 44.8 Å². The van der Waals surface area contributed by atoms with E-state index in [-0.39, 0.29) is 5.78 Å². The lowest BCUT2D eigenvalue weighted by Crippen LogP contribution is -2.03. The molecule has 0 aliphatic heterocycles. The quantitative estimate of drug-likeness (QED) is 0.512. The molecule has 0 N–H and O–H groups in total. The summed E-state index contributed by atoms with van der Waals surface area (Å²) in [5.41, 5.74) is 2.87. The Bertz CT molecular complexity index is 768. The molecule has 0 aliphatic carbocycles. The van der Waals surface area contributed by atoms with Crippen LogP contribution in [-0.2, 0) is 22.7 Å². The van der Waals surface area contributed by atoms with Crippen molar-refractivity contribution < 1.29 is 19.0 Å². The number of para-hydroxylation sites is 1. The van der Waals surface area contributed by atoms with Crippen LogP contribution in [0.25, 0.3) is 6.08 Å². The molecule has 0 saturated carbocycles. The van der Waals surface area contributed by atoms with Crippen molar-refractivity contribution in [2.75, 3.05) is 21.3 Å². The van der Waals surface area contributed by atoms with Crippen molar-refractivity contribution in [2.45, 2.75) is 13.2 Å². The fourth-order valence-electron chi connectivity index (χ4n) is 2.50. The number of allylic oxidation sites excluding steroid dienone is 1. The fourth-order valence-corrected chi connectivity index (χ4v) is 2.76. The molecule has 0 heterocycles. The highest BCUT2D eigenvalue weighted by Crippen LogP contribution is 2.26. The van der Waals surface area contributed by atoms with Crippen LogP contribution in [0.15, 0.2) is 42.5 Å². The van der Waals surface area contributed by atoms with E-state index in [4.69, 9.17) is 25.8 Å². The van der Waals surface area contributed by atoms with Gasteiger partial charge in [-0.3, -0.25) is 4.79 Å². The molecule has 0 amide bonds. The first-order valence-corrected chi connectivity index (χ1v) is 8.13. The number of methoxy groups -OCH3 is 3. The monoisotopic (exact) mass is 360 g/mol. The van der Waals surface area contributed by atoms with Crippen LogP contribution >= 0.6 is 11.6 Å². The van der Waals surface area contributed by atoms with Gasteiger partial charge >= 0.3 is 0 Å². The number of benzene rings is 2. The number of hydrogen-bond donors (Lipinski definition) is 0. The van der Waals surface area contributed by atoms with E-state index >= 15 is 0 Å². The van der Waals surface area contributed by atoms with E-state index in [0.717, 1.165) is 16.7 Å². The first kappa shape index (κ1) is 19.2. The predicted molar refractivity (Wildman–Crippen MR) is 99.2 cm³/mol.